The molecule has 10 nitrogen and oxygen atoms in total. The third kappa shape index (κ3) is 5.72. The number of fused-ring (bicyclic) bond motifs is 1. The Balaban J connectivity index is 1.71. The molecule has 0 amide bonds. The molecule has 2 heterocycles. The van der Waals surface area contributed by atoms with E-state index in [0.29, 0.717) is 37.6 Å². The third-order valence-corrected chi connectivity index (χ3v) is 6.24. The molecule has 4 aromatic rings. The van der Waals surface area contributed by atoms with Crippen LogP contribution in [0.1, 0.15) is 36.3 Å². The summed E-state index contributed by atoms with van der Waals surface area (Å²) in [6.07, 6.45) is 0.756. The normalized spacial score (nSPS) is 12.2. The molecule has 0 saturated carbocycles. The van der Waals surface area contributed by atoms with E-state index in [0.717, 1.165) is 34.5 Å². The van der Waals surface area contributed by atoms with Crippen molar-refractivity contribution < 1.29 is 14.2 Å². The number of methoxy groups -OCH3 is 3. The van der Waals surface area contributed by atoms with Crippen molar-refractivity contribution in [1.82, 2.24) is 30.1 Å². The molecule has 0 radical (unpaired) electrons. The Kier molecular flexibility index (Phi) is 8.29. The number of aromatic nitrogens is 5. The second-order valence-corrected chi connectivity index (χ2v) is 8.51. The first kappa shape index (κ1) is 25.3. The number of tetrazole rings is 1. The van der Waals surface area contributed by atoms with Crippen LogP contribution >= 0.6 is 0 Å². The maximum atomic E-state index is 13.1. The Hall–Kier alpha value is -3.76. The van der Waals surface area contributed by atoms with Crippen molar-refractivity contribution in [1.29, 1.82) is 0 Å². The molecule has 2 aromatic heterocycles. The second kappa shape index (κ2) is 11.8. The van der Waals surface area contributed by atoms with E-state index < -0.39 is 0 Å². The first-order valence-corrected chi connectivity index (χ1v) is 11.9. The molecule has 0 spiro atoms. The smallest absolute Gasteiger partial charge is 0.252 e. The van der Waals surface area contributed by atoms with Gasteiger partial charge >= 0.3 is 0 Å². The van der Waals surface area contributed by atoms with Gasteiger partial charge in [0.25, 0.3) is 5.56 Å². The Morgan fingerprint density at radius 2 is 1.75 bits per heavy atom. The summed E-state index contributed by atoms with van der Waals surface area (Å²) in [5.41, 5.74) is 2.35. The van der Waals surface area contributed by atoms with Crippen molar-refractivity contribution in [3.63, 3.8) is 0 Å². The van der Waals surface area contributed by atoms with Gasteiger partial charge in [-0.25, -0.2) is 4.68 Å². The Morgan fingerprint density at radius 1 is 1.00 bits per heavy atom. The van der Waals surface area contributed by atoms with Gasteiger partial charge in [0, 0.05) is 31.8 Å². The van der Waals surface area contributed by atoms with E-state index in [1.165, 1.54) is 0 Å². The zero-order valence-electron chi connectivity index (χ0n) is 21.1. The van der Waals surface area contributed by atoms with Gasteiger partial charge < -0.3 is 19.2 Å². The monoisotopic (exact) mass is 492 g/mol. The van der Waals surface area contributed by atoms with Crippen molar-refractivity contribution in [3.8, 4) is 11.5 Å². The summed E-state index contributed by atoms with van der Waals surface area (Å²) in [6, 6.07) is 15.4. The quantitative estimate of drug-likeness (QED) is 0.321. The summed E-state index contributed by atoms with van der Waals surface area (Å²) in [6.45, 7) is 4.15. The third-order valence-electron chi connectivity index (χ3n) is 6.24. The van der Waals surface area contributed by atoms with E-state index in [1.54, 1.807) is 26.0 Å². The number of nitrogens with one attached hydrogen (secondary N) is 1. The number of hydrogen-bond donors (Lipinski definition) is 1. The minimum atomic E-state index is -0.135. The minimum absolute atomic E-state index is 0.120. The summed E-state index contributed by atoms with van der Waals surface area (Å²) in [5, 5.41) is 13.4. The van der Waals surface area contributed by atoms with Crippen LogP contribution in [0.15, 0.2) is 53.3 Å². The molecule has 4 rings (SSSR count). The maximum Gasteiger partial charge on any atom is 0.252 e. The number of aromatic amines is 1. The van der Waals surface area contributed by atoms with Crippen LogP contribution < -0.4 is 15.0 Å². The number of ether oxygens (including phenoxy) is 3. The second-order valence-electron chi connectivity index (χ2n) is 8.51. The molecule has 0 bridgehead atoms. The molecule has 1 N–H and O–H groups in total. The number of H-pyrrole nitrogens is 1. The number of benzene rings is 2. The summed E-state index contributed by atoms with van der Waals surface area (Å²) in [5.74, 6) is 2.23. The predicted octanol–water partition coefficient (Wildman–Crippen LogP) is 3.33. The molecule has 0 fully saturated rings. The summed E-state index contributed by atoms with van der Waals surface area (Å²) < 4.78 is 17.6. The van der Waals surface area contributed by atoms with E-state index in [1.807, 2.05) is 48.5 Å². The highest BCUT2D eigenvalue weighted by Crippen LogP contribution is 2.27. The van der Waals surface area contributed by atoms with Crippen LogP contribution in [-0.4, -0.2) is 58.0 Å². The van der Waals surface area contributed by atoms with Crippen molar-refractivity contribution in [3.05, 3.63) is 75.8 Å². The fourth-order valence-corrected chi connectivity index (χ4v) is 4.32. The number of nitrogens with zero attached hydrogens (tertiary/aromatic N) is 5. The zero-order valence-corrected chi connectivity index (χ0v) is 21.1. The highest BCUT2D eigenvalue weighted by molar-refractivity contribution is 5.80. The lowest BCUT2D eigenvalue weighted by molar-refractivity contribution is 0.151. The fraction of sp³-hybridized carbons (Fsp3) is 0.385. The summed E-state index contributed by atoms with van der Waals surface area (Å²) in [7, 11) is 4.91. The molecule has 0 aliphatic carbocycles. The first-order valence-electron chi connectivity index (χ1n) is 11.9. The van der Waals surface area contributed by atoms with Crippen molar-refractivity contribution >= 4 is 10.9 Å². The Labute approximate surface area is 209 Å². The molecule has 0 unspecified atom stereocenters. The Bertz CT molecular complexity index is 1330. The molecule has 0 aliphatic heterocycles. The SMILES string of the molecule is CC[C@H](c1nnnn1CCOC)N(Cc1ccc(OC)cc1)Cc1cc2ccc(OC)cc2[nH]c1=O. The molecule has 1 atom stereocenters. The highest BCUT2D eigenvalue weighted by Gasteiger charge is 2.26. The number of rotatable bonds is 12. The van der Waals surface area contributed by atoms with E-state index in [-0.39, 0.29) is 11.6 Å². The molecule has 10 heteroatoms. The van der Waals surface area contributed by atoms with Crippen molar-refractivity contribution in [2.75, 3.05) is 27.9 Å². The predicted molar refractivity (Wildman–Crippen MR) is 136 cm³/mol. The van der Waals surface area contributed by atoms with Crippen LogP contribution in [0.2, 0.25) is 0 Å². The van der Waals surface area contributed by atoms with Gasteiger partial charge in [-0.3, -0.25) is 9.69 Å². The van der Waals surface area contributed by atoms with E-state index in [2.05, 4.69) is 32.3 Å². The van der Waals surface area contributed by atoms with Crippen molar-refractivity contribution in [2.24, 2.45) is 0 Å². The largest absolute Gasteiger partial charge is 0.497 e. The van der Waals surface area contributed by atoms with E-state index in [9.17, 15) is 4.79 Å². The molecule has 0 aliphatic rings. The summed E-state index contributed by atoms with van der Waals surface area (Å²) in [4.78, 5) is 18.3. The highest BCUT2D eigenvalue weighted by atomic mass is 16.5. The molecular weight excluding hydrogens is 460 g/mol. The fourth-order valence-electron chi connectivity index (χ4n) is 4.32. The average molecular weight is 493 g/mol. The van der Waals surface area contributed by atoms with E-state index in [4.69, 9.17) is 14.2 Å². The molecular formula is C26H32N6O4. The topological polar surface area (TPSA) is 107 Å². The molecule has 190 valence electrons. The van der Waals surface area contributed by atoms with Crippen LogP contribution in [-0.2, 0) is 24.4 Å². The van der Waals surface area contributed by atoms with Gasteiger partial charge in [0.1, 0.15) is 11.5 Å². The van der Waals surface area contributed by atoms with Gasteiger partial charge in [0.05, 0.1) is 38.9 Å². The summed E-state index contributed by atoms with van der Waals surface area (Å²) >= 11 is 0. The van der Waals surface area contributed by atoms with Crippen LogP contribution in [0, 0.1) is 0 Å². The lowest BCUT2D eigenvalue weighted by Gasteiger charge is -2.30. The van der Waals surface area contributed by atoms with E-state index >= 15 is 0 Å². The van der Waals surface area contributed by atoms with Gasteiger partial charge in [-0.15, -0.1) is 5.10 Å². The molecule has 0 saturated heterocycles. The first-order chi connectivity index (χ1) is 17.6. The lowest BCUT2D eigenvalue weighted by atomic mass is 10.1. The van der Waals surface area contributed by atoms with Crippen molar-refractivity contribution in [2.45, 2.75) is 39.0 Å². The van der Waals surface area contributed by atoms with Crippen LogP contribution in [0.5, 0.6) is 11.5 Å². The molecule has 36 heavy (non-hydrogen) atoms. The van der Waals surface area contributed by atoms with Crippen LogP contribution in [0.3, 0.4) is 0 Å². The van der Waals surface area contributed by atoms with Gasteiger partial charge in [-0.05, 0) is 58.1 Å². The number of hydrogen-bond acceptors (Lipinski definition) is 8. The maximum absolute atomic E-state index is 13.1. The van der Waals surface area contributed by atoms with Gasteiger partial charge in [0.2, 0.25) is 0 Å². The average Bonchev–Trinajstić information content (AvgIpc) is 3.36. The lowest BCUT2D eigenvalue weighted by Crippen LogP contribution is -2.32. The number of pyridine rings is 1. The standard InChI is InChI=1S/C26H32N6O4/c1-5-24(25-28-29-30-32(25)12-13-34-2)31(16-18-6-9-21(35-3)10-7-18)17-20-14-19-8-11-22(36-4)15-23(19)27-26(20)33/h6-11,14-15,24H,5,12-13,16-17H2,1-4H3,(H,27,33)/t24-/m1/s1. The minimum Gasteiger partial charge on any atom is -0.497 e. The Morgan fingerprint density at radius 3 is 2.44 bits per heavy atom. The van der Waals surface area contributed by atoms with Gasteiger partial charge in [-0.1, -0.05) is 19.1 Å². The van der Waals surface area contributed by atoms with Crippen LogP contribution in [0.25, 0.3) is 10.9 Å². The van der Waals surface area contributed by atoms with Gasteiger partial charge in [-0.2, -0.15) is 0 Å². The van der Waals surface area contributed by atoms with Crippen LogP contribution in [0.4, 0.5) is 0 Å². The van der Waals surface area contributed by atoms with Gasteiger partial charge in [0.15, 0.2) is 5.82 Å². The zero-order chi connectivity index (χ0) is 25.5. The molecule has 2 aromatic carbocycles.